The number of benzene rings is 1. The molecule has 0 bridgehead atoms. The third kappa shape index (κ3) is 3.27. The molecule has 98 valence electrons. The first-order valence-corrected chi connectivity index (χ1v) is 5.66. The highest BCUT2D eigenvalue weighted by Gasteiger charge is 2.29. The van der Waals surface area contributed by atoms with Crippen molar-refractivity contribution in [2.75, 3.05) is 6.61 Å². The Bertz CT molecular complexity index is 397. The molecule has 0 amide bonds. The molecule has 0 radical (unpaired) electrons. The van der Waals surface area contributed by atoms with Gasteiger partial charge in [0.15, 0.2) is 6.23 Å². The molecule has 1 saturated heterocycles. The van der Waals surface area contributed by atoms with Crippen molar-refractivity contribution < 1.29 is 24.6 Å². The lowest BCUT2D eigenvalue weighted by molar-refractivity contribution is -0.193. The maximum Gasteiger partial charge on any atom is 0.338 e. The maximum atomic E-state index is 11.6. The molecule has 1 aliphatic rings. The van der Waals surface area contributed by atoms with Crippen molar-refractivity contribution in [3.05, 3.63) is 35.9 Å². The van der Waals surface area contributed by atoms with Crippen molar-refractivity contribution in [2.45, 2.75) is 24.9 Å². The maximum absolute atomic E-state index is 11.6. The minimum absolute atomic E-state index is 0.0184. The number of esters is 1. The fourth-order valence-corrected chi connectivity index (χ4v) is 1.62. The normalized spacial score (nSPS) is 27.8. The molecule has 0 saturated carbocycles. The number of hydroxylamine groups is 1. The number of nitrogens with one attached hydrogen (secondary N) is 1. The molecule has 2 unspecified atom stereocenters. The van der Waals surface area contributed by atoms with E-state index in [2.05, 4.69) is 5.48 Å². The van der Waals surface area contributed by atoms with E-state index in [1.54, 1.807) is 24.3 Å². The van der Waals surface area contributed by atoms with E-state index in [-0.39, 0.29) is 13.0 Å². The molecule has 1 aliphatic heterocycles. The van der Waals surface area contributed by atoms with Crippen LogP contribution in [0.4, 0.5) is 0 Å². The van der Waals surface area contributed by atoms with Gasteiger partial charge in [0.2, 0.25) is 0 Å². The lowest BCUT2D eigenvalue weighted by Gasteiger charge is -2.30. The van der Waals surface area contributed by atoms with Gasteiger partial charge in [-0.1, -0.05) is 18.2 Å². The topological polar surface area (TPSA) is 88.0 Å². The van der Waals surface area contributed by atoms with Gasteiger partial charge in [0.25, 0.3) is 0 Å². The third-order valence-corrected chi connectivity index (χ3v) is 2.63. The van der Waals surface area contributed by atoms with Crippen LogP contribution in [0.25, 0.3) is 0 Å². The smallest absolute Gasteiger partial charge is 0.338 e. The molecule has 0 spiro atoms. The van der Waals surface area contributed by atoms with Crippen molar-refractivity contribution in [1.82, 2.24) is 5.48 Å². The van der Waals surface area contributed by atoms with Gasteiger partial charge in [0, 0.05) is 6.42 Å². The molecular formula is C12H15NO5. The fraction of sp³-hybridized carbons (Fsp3) is 0.417. The number of aliphatic hydroxyl groups is 2. The standard InChI is InChI=1S/C12H15NO5/c14-10-6-9(18-13-11(10)15)7-17-12(16)8-4-2-1-3-5-8/h1-5,9-11,13-15H,6-7H2/t9-,10?,11?/m0/s1. The van der Waals surface area contributed by atoms with Gasteiger partial charge in [-0.25, -0.2) is 4.79 Å². The molecule has 0 aromatic heterocycles. The first-order valence-electron chi connectivity index (χ1n) is 5.66. The summed E-state index contributed by atoms with van der Waals surface area (Å²) >= 11 is 0. The number of carbonyl (C=O) groups excluding carboxylic acids is 1. The monoisotopic (exact) mass is 253 g/mol. The van der Waals surface area contributed by atoms with Crippen LogP contribution in [0.3, 0.4) is 0 Å². The first-order chi connectivity index (χ1) is 8.66. The number of ether oxygens (including phenoxy) is 1. The minimum Gasteiger partial charge on any atom is -0.459 e. The Labute approximate surface area is 104 Å². The molecule has 1 aromatic rings. The van der Waals surface area contributed by atoms with Gasteiger partial charge >= 0.3 is 5.97 Å². The number of aliphatic hydroxyl groups excluding tert-OH is 2. The summed E-state index contributed by atoms with van der Waals surface area (Å²) in [7, 11) is 0. The van der Waals surface area contributed by atoms with Gasteiger partial charge in [-0.2, -0.15) is 5.48 Å². The van der Waals surface area contributed by atoms with Crippen molar-refractivity contribution in [2.24, 2.45) is 0 Å². The average molecular weight is 253 g/mol. The fourth-order valence-electron chi connectivity index (χ4n) is 1.62. The summed E-state index contributed by atoms with van der Waals surface area (Å²) < 4.78 is 5.05. The van der Waals surface area contributed by atoms with Gasteiger partial charge in [0.1, 0.15) is 12.7 Å². The van der Waals surface area contributed by atoms with Crippen LogP contribution in [0.1, 0.15) is 16.8 Å². The Morgan fingerprint density at radius 3 is 2.78 bits per heavy atom. The highest BCUT2D eigenvalue weighted by atomic mass is 16.7. The van der Waals surface area contributed by atoms with Gasteiger partial charge in [-0.3, -0.25) is 4.84 Å². The highest BCUT2D eigenvalue weighted by molar-refractivity contribution is 5.89. The first kappa shape index (κ1) is 13.0. The lowest BCUT2D eigenvalue weighted by atomic mass is 10.1. The zero-order valence-electron chi connectivity index (χ0n) is 9.65. The summed E-state index contributed by atoms with van der Waals surface area (Å²) in [5, 5.41) is 18.6. The predicted octanol–water partition coefficient (Wildman–Crippen LogP) is -0.184. The van der Waals surface area contributed by atoms with Gasteiger partial charge in [-0.15, -0.1) is 0 Å². The van der Waals surface area contributed by atoms with E-state index in [0.29, 0.717) is 5.56 Å². The summed E-state index contributed by atoms with van der Waals surface area (Å²) in [6, 6.07) is 8.61. The SMILES string of the molecule is O=C(OC[C@@H]1CC(O)C(O)NO1)c1ccccc1. The second-order valence-electron chi connectivity index (χ2n) is 4.07. The quantitative estimate of drug-likeness (QED) is 0.647. The van der Waals surface area contributed by atoms with Crippen LogP contribution in [0, 0.1) is 0 Å². The number of hydrogen-bond donors (Lipinski definition) is 3. The second-order valence-corrected chi connectivity index (χ2v) is 4.07. The van der Waals surface area contributed by atoms with Crippen molar-refractivity contribution in [1.29, 1.82) is 0 Å². The van der Waals surface area contributed by atoms with E-state index in [1.165, 1.54) is 0 Å². The van der Waals surface area contributed by atoms with Crippen LogP contribution in [0.2, 0.25) is 0 Å². The molecule has 3 N–H and O–H groups in total. The van der Waals surface area contributed by atoms with Crippen molar-refractivity contribution in [3.63, 3.8) is 0 Å². The molecule has 2 rings (SSSR count). The van der Waals surface area contributed by atoms with Crippen LogP contribution in [-0.2, 0) is 9.57 Å². The summed E-state index contributed by atoms with van der Waals surface area (Å²) in [6.07, 6.45) is -2.31. The summed E-state index contributed by atoms with van der Waals surface area (Å²) in [4.78, 5) is 16.6. The van der Waals surface area contributed by atoms with E-state index in [0.717, 1.165) is 0 Å². The molecule has 1 heterocycles. The molecule has 0 aliphatic carbocycles. The van der Waals surface area contributed by atoms with Crippen molar-refractivity contribution >= 4 is 5.97 Å². The number of hydrogen-bond acceptors (Lipinski definition) is 6. The van der Waals surface area contributed by atoms with E-state index in [9.17, 15) is 9.90 Å². The molecule has 6 nitrogen and oxygen atoms in total. The van der Waals surface area contributed by atoms with Gasteiger partial charge in [-0.05, 0) is 12.1 Å². The van der Waals surface area contributed by atoms with E-state index < -0.39 is 24.4 Å². The van der Waals surface area contributed by atoms with Crippen LogP contribution in [-0.4, -0.2) is 41.2 Å². The molecule has 18 heavy (non-hydrogen) atoms. The van der Waals surface area contributed by atoms with E-state index in [1.807, 2.05) is 6.07 Å². The summed E-state index contributed by atoms with van der Waals surface area (Å²) in [5.74, 6) is -0.445. The molecule has 1 fully saturated rings. The van der Waals surface area contributed by atoms with Gasteiger partial charge in [0.05, 0.1) is 11.7 Å². The predicted molar refractivity (Wildman–Crippen MR) is 61.4 cm³/mol. The third-order valence-electron chi connectivity index (χ3n) is 2.63. The Morgan fingerprint density at radius 1 is 1.39 bits per heavy atom. The molecule has 6 heteroatoms. The Morgan fingerprint density at radius 2 is 2.11 bits per heavy atom. The Kier molecular flexibility index (Phi) is 4.27. The highest BCUT2D eigenvalue weighted by Crippen LogP contribution is 2.12. The second kappa shape index (κ2) is 5.92. The Balaban J connectivity index is 1.80. The largest absolute Gasteiger partial charge is 0.459 e. The molecule has 1 aromatic carbocycles. The van der Waals surface area contributed by atoms with Crippen LogP contribution >= 0.6 is 0 Å². The van der Waals surface area contributed by atoms with Crippen LogP contribution in [0.5, 0.6) is 0 Å². The zero-order chi connectivity index (χ0) is 13.0. The summed E-state index contributed by atoms with van der Waals surface area (Å²) in [6.45, 7) is 0.0184. The van der Waals surface area contributed by atoms with E-state index in [4.69, 9.17) is 14.7 Å². The Hall–Kier alpha value is -1.47. The van der Waals surface area contributed by atoms with Crippen LogP contribution < -0.4 is 5.48 Å². The van der Waals surface area contributed by atoms with E-state index >= 15 is 0 Å². The number of carbonyl (C=O) groups is 1. The molecular weight excluding hydrogens is 238 g/mol. The summed E-state index contributed by atoms with van der Waals surface area (Å²) in [5.41, 5.74) is 2.72. The van der Waals surface area contributed by atoms with Crippen molar-refractivity contribution in [3.8, 4) is 0 Å². The lowest BCUT2D eigenvalue weighted by Crippen LogP contribution is -2.50. The average Bonchev–Trinajstić information content (AvgIpc) is 2.41. The van der Waals surface area contributed by atoms with Gasteiger partial charge < -0.3 is 14.9 Å². The minimum atomic E-state index is -1.11. The molecule has 3 atom stereocenters. The van der Waals surface area contributed by atoms with Crippen LogP contribution in [0.15, 0.2) is 30.3 Å². The zero-order valence-corrected chi connectivity index (χ0v) is 9.65. The number of rotatable bonds is 3.